The van der Waals surface area contributed by atoms with Crippen molar-refractivity contribution in [3.63, 3.8) is 0 Å². The summed E-state index contributed by atoms with van der Waals surface area (Å²) in [6.07, 6.45) is 0. The molecule has 0 spiro atoms. The van der Waals surface area contributed by atoms with Gasteiger partial charge in [-0.1, -0.05) is 97.1 Å². The van der Waals surface area contributed by atoms with Crippen molar-refractivity contribution >= 4 is 21.5 Å². The second-order valence-electron chi connectivity index (χ2n) is 6.74. The zero-order chi connectivity index (χ0) is 19.5. The number of hydrogen-bond acceptors (Lipinski definition) is 3. The summed E-state index contributed by atoms with van der Waals surface area (Å²) in [5.74, 6) is 1.22. The average Bonchev–Trinajstić information content (AvgIpc) is 2.80. The average molecular weight is 378 g/mol. The molecule has 0 aliphatic rings. The predicted molar refractivity (Wildman–Crippen MR) is 116 cm³/mol. The molecule has 140 valence electrons. The summed E-state index contributed by atoms with van der Waals surface area (Å²) in [5.41, 5.74) is 1.98. The molecule has 0 radical (unpaired) electrons. The Labute approximate surface area is 168 Å². The molecule has 5 aromatic rings. The maximum atomic E-state index is 5.74. The molecule has 0 N–H and O–H groups in total. The van der Waals surface area contributed by atoms with Crippen molar-refractivity contribution in [3.05, 3.63) is 109 Å². The standard InChI is InChI=1S/C26H18O3/c1-2-9-20(10-3-1)24-18-17-21-12-5-7-15-23(21)26(24)28-29-27-25-16-8-13-19-11-4-6-14-22(19)25/h1-18H. The highest BCUT2D eigenvalue weighted by Gasteiger charge is 2.13. The first-order valence-corrected chi connectivity index (χ1v) is 9.46. The summed E-state index contributed by atoms with van der Waals surface area (Å²) in [4.78, 5) is 11.3. The van der Waals surface area contributed by atoms with Crippen LogP contribution in [-0.4, -0.2) is 0 Å². The molecule has 0 heterocycles. The fraction of sp³-hybridized carbons (Fsp3) is 0. The summed E-state index contributed by atoms with van der Waals surface area (Å²) in [5, 5.41) is 9.33. The van der Waals surface area contributed by atoms with E-state index < -0.39 is 0 Å². The molecule has 0 aromatic heterocycles. The van der Waals surface area contributed by atoms with Crippen LogP contribution in [0.4, 0.5) is 0 Å². The van der Waals surface area contributed by atoms with Crippen LogP contribution in [0, 0.1) is 0 Å². The van der Waals surface area contributed by atoms with Gasteiger partial charge in [0.15, 0.2) is 11.5 Å². The molecule has 0 amide bonds. The van der Waals surface area contributed by atoms with Crippen LogP contribution in [0.25, 0.3) is 32.7 Å². The number of hydrogen-bond donors (Lipinski definition) is 0. The third-order valence-electron chi connectivity index (χ3n) is 4.96. The highest BCUT2D eigenvalue weighted by atomic mass is 17.5. The summed E-state index contributed by atoms with van der Waals surface area (Å²) < 4.78 is 0. The predicted octanol–water partition coefficient (Wildman–Crippen LogP) is 6.96. The number of fused-ring (bicyclic) bond motifs is 2. The Hall–Kier alpha value is -3.82. The Bertz CT molecular complexity index is 1270. The maximum absolute atomic E-state index is 5.74. The molecule has 0 saturated heterocycles. The first-order chi connectivity index (χ1) is 14.4. The molecule has 0 bridgehead atoms. The van der Waals surface area contributed by atoms with Gasteiger partial charge < -0.3 is 0 Å². The van der Waals surface area contributed by atoms with Crippen LogP contribution in [0.2, 0.25) is 0 Å². The lowest BCUT2D eigenvalue weighted by molar-refractivity contribution is -0.409. The van der Waals surface area contributed by atoms with Gasteiger partial charge in [-0.25, -0.2) is 0 Å². The first kappa shape index (κ1) is 17.3. The van der Waals surface area contributed by atoms with Gasteiger partial charge in [-0.05, 0) is 28.5 Å². The minimum atomic E-state index is 0.601. The van der Waals surface area contributed by atoms with Crippen LogP contribution in [0.1, 0.15) is 0 Å². The molecule has 0 unspecified atom stereocenters. The molecule has 5 aromatic carbocycles. The Morgan fingerprint density at radius 2 is 1.10 bits per heavy atom. The van der Waals surface area contributed by atoms with Gasteiger partial charge in [0.25, 0.3) is 0 Å². The van der Waals surface area contributed by atoms with Crippen molar-refractivity contribution in [1.29, 1.82) is 0 Å². The van der Waals surface area contributed by atoms with Crippen LogP contribution in [0.3, 0.4) is 0 Å². The van der Waals surface area contributed by atoms with Crippen LogP contribution >= 0.6 is 0 Å². The van der Waals surface area contributed by atoms with E-state index >= 15 is 0 Å². The van der Waals surface area contributed by atoms with Crippen LogP contribution in [0.5, 0.6) is 11.5 Å². The summed E-state index contributed by atoms with van der Waals surface area (Å²) in [6.45, 7) is 0. The zero-order valence-electron chi connectivity index (χ0n) is 15.6. The maximum Gasteiger partial charge on any atom is 0.185 e. The lowest BCUT2D eigenvalue weighted by Gasteiger charge is -2.13. The molecule has 0 aliphatic heterocycles. The monoisotopic (exact) mass is 378 g/mol. The Balaban J connectivity index is 1.49. The third kappa shape index (κ3) is 3.40. The second-order valence-corrected chi connectivity index (χ2v) is 6.74. The SMILES string of the molecule is c1ccc(-c2ccc3ccccc3c2OOOc2cccc3ccccc23)cc1. The number of rotatable bonds is 5. The largest absolute Gasteiger partial charge is 0.299 e. The second kappa shape index (κ2) is 7.66. The molecule has 0 atom stereocenters. The minimum absolute atomic E-state index is 0.601. The summed E-state index contributed by atoms with van der Waals surface area (Å²) in [6, 6.07) is 36.0. The first-order valence-electron chi connectivity index (χ1n) is 9.46. The van der Waals surface area contributed by atoms with Gasteiger partial charge in [-0.3, -0.25) is 9.78 Å². The van der Waals surface area contributed by atoms with Gasteiger partial charge in [0, 0.05) is 21.4 Å². The van der Waals surface area contributed by atoms with Crippen molar-refractivity contribution in [1.82, 2.24) is 0 Å². The van der Waals surface area contributed by atoms with Crippen molar-refractivity contribution in [2.24, 2.45) is 0 Å². The summed E-state index contributed by atoms with van der Waals surface area (Å²) >= 11 is 0. The molecular weight excluding hydrogens is 360 g/mol. The van der Waals surface area contributed by atoms with E-state index in [1.807, 2.05) is 103 Å². The third-order valence-corrected chi connectivity index (χ3v) is 4.96. The van der Waals surface area contributed by atoms with E-state index in [2.05, 4.69) is 6.07 Å². The molecule has 3 heteroatoms. The lowest BCUT2D eigenvalue weighted by Crippen LogP contribution is -2.04. The molecule has 0 saturated carbocycles. The smallest absolute Gasteiger partial charge is 0.185 e. The van der Waals surface area contributed by atoms with E-state index in [0.29, 0.717) is 11.5 Å². The van der Waals surface area contributed by atoms with E-state index in [-0.39, 0.29) is 0 Å². The molecular formula is C26H18O3. The topological polar surface area (TPSA) is 27.7 Å². The summed E-state index contributed by atoms with van der Waals surface area (Å²) in [7, 11) is 0. The normalized spacial score (nSPS) is 10.9. The van der Waals surface area contributed by atoms with E-state index in [1.165, 1.54) is 0 Å². The molecule has 0 aliphatic carbocycles. The Morgan fingerprint density at radius 1 is 0.448 bits per heavy atom. The van der Waals surface area contributed by atoms with Gasteiger partial charge in [-0.2, -0.15) is 0 Å². The van der Waals surface area contributed by atoms with Crippen molar-refractivity contribution in [2.75, 3.05) is 0 Å². The van der Waals surface area contributed by atoms with E-state index in [0.717, 1.165) is 32.7 Å². The fourth-order valence-electron chi connectivity index (χ4n) is 3.53. The van der Waals surface area contributed by atoms with E-state index in [4.69, 9.17) is 14.8 Å². The van der Waals surface area contributed by atoms with Gasteiger partial charge in [0.05, 0.1) is 0 Å². The molecule has 0 fully saturated rings. The van der Waals surface area contributed by atoms with Gasteiger partial charge in [-0.15, -0.1) is 0 Å². The van der Waals surface area contributed by atoms with Crippen molar-refractivity contribution < 1.29 is 14.8 Å². The van der Waals surface area contributed by atoms with Crippen molar-refractivity contribution in [3.8, 4) is 22.6 Å². The van der Waals surface area contributed by atoms with E-state index in [9.17, 15) is 0 Å². The highest BCUT2D eigenvalue weighted by Crippen LogP contribution is 2.37. The molecule has 5 rings (SSSR count). The van der Waals surface area contributed by atoms with Crippen LogP contribution in [0.15, 0.2) is 109 Å². The van der Waals surface area contributed by atoms with Crippen LogP contribution < -0.4 is 9.78 Å². The van der Waals surface area contributed by atoms with Gasteiger partial charge in [0.1, 0.15) is 0 Å². The van der Waals surface area contributed by atoms with Crippen LogP contribution in [-0.2, 0) is 5.04 Å². The molecule has 3 nitrogen and oxygen atoms in total. The molecule has 29 heavy (non-hydrogen) atoms. The Kier molecular flexibility index (Phi) is 4.57. The van der Waals surface area contributed by atoms with Gasteiger partial charge in [0.2, 0.25) is 0 Å². The highest BCUT2D eigenvalue weighted by molar-refractivity contribution is 5.95. The quantitative estimate of drug-likeness (QED) is 0.244. The minimum Gasteiger partial charge on any atom is -0.299 e. The van der Waals surface area contributed by atoms with Gasteiger partial charge >= 0.3 is 0 Å². The zero-order valence-corrected chi connectivity index (χ0v) is 15.6. The fourth-order valence-corrected chi connectivity index (χ4v) is 3.53. The van der Waals surface area contributed by atoms with Crippen molar-refractivity contribution in [2.45, 2.75) is 0 Å². The number of benzene rings is 5. The lowest BCUT2D eigenvalue weighted by atomic mass is 10.00. The van der Waals surface area contributed by atoms with E-state index in [1.54, 1.807) is 0 Å². The Morgan fingerprint density at radius 3 is 1.93 bits per heavy atom.